The number of hydrazine groups is 1. The van der Waals surface area contributed by atoms with Crippen LogP contribution in [0.25, 0.3) is 0 Å². The Morgan fingerprint density at radius 3 is 2.45 bits per heavy atom. The van der Waals surface area contributed by atoms with Gasteiger partial charge in [-0.3, -0.25) is 9.79 Å². The van der Waals surface area contributed by atoms with Crippen molar-refractivity contribution >= 4 is 29.1 Å². The summed E-state index contributed by atoms with van der Waals surface area (Å²) in [6.07, 6.45) is -5.29. The molecule has 31 heavy (non-hydrogen) atoms. The Morgan fingerprint density at radius 2 is 1.87 bits per heavy atom. The number of primary amides is 1. The Bertz CT molecular complexity index is 1090. The van der Waals surface area contributed by atoms with Crippen LogP contribution in [0.4, 0.5) is 28.9 Å². The van der Waals surface area contributed by atoms with Gasteiger partial charge in [0, 0.05) is 17.7 Å². The molecule has 0 unspecified atom stereocenters. The second kappa shape index (κ2) is 7.45. The summed E-state index contributed by atoms with van der Waals surface area (Å²) >= 11 is 0. The van der Waals surface area contributed by atoms with Gasteiger partial charge in [-0.2, -0.15) is 13.2 Å². The first-order valence-corrected chi connectivity index (χ1v) is 9.03. The van der Waals surface area contributed by atoms with Gasteiger partial charge in [0.25, 0.3) is 5.91 Å². The van der Waals surface area contributed by atoms with Crippen molar-refractivity contribution in [1.82, 2.24) is 5.32 Å². The van der Waals surface area contributed by atoms with E-state index in [1.165, 1.54) is 0 Å². The van der Waals surface area contributed by atoms with E-state index in [4.69, 9.17) is 5.73 Å². The van der Waals surface area contributed by atoms with Gasteiger partial charge in [-0.05, 0) is 36.4 Å². The molecule has 0 radical (unpaired) electrons. The summed E-state index contributed by atoms with van der Waals surface area (Å²) in [4.78, 5) is 32.2. The van der Waals surface area contributed by atoms with Gasteiger partial charge in [-0.1, -0.05) is 0 Å². The minimum Gasteiger partial charge on any atom is -0.368 e. The first-order chi connectivity index (χ1) is 14.6. The zero-order chi connectivity index (χ0) is 22.3. The molecule has 0 aliphatic carbocycles. The van der Waals surface area contributed by atoms with E-state index < -0.39 is 29.4 Å². The molecule has 12 heteroatoms. The molecular weight excluding hydrogens is 422 g/mol. The number of carbonyl (C=O) groups excluding carboxylic acids is 2. The molecule has 162 valence electrons. The van der Waals surface area contributed by atoms with E-state index in [1.54, 1.807) is 24.3 Å². The fourth-order valence-electron chi connectivity index (χ4n) is 3.34. The van der Waals surface area contributed by atoms with Crippen LogP contribution < -0.4 is 21.2 Å². The van der Waals surface area contributed by atoms with Crippen molar-refractivity contribution in [2.45, 2.75) is 12.7 Å². The maximum atomic E-state index is 14.0. The highest BCUT2D eigenvalue weighted by atomic mass is 19.4. The van der Waals surface area contributed by atoms with E-state index in [0.29, 0.717) is 29.8 Å². The molecule has 1 amide bonds. The third-order valence-corrected chi connectivity index (χ3v) is 4.66. The van der Waals surface area contributed by atoms with Crippen LogP contribution in [-0.2, 0) is 16.2 Å². The SMILES string of the molecule is NC(=O)c1cc(F)cc2c1N(OC(=O)C(F)(F)F)N(c1ccc(C3=NCCN3)cc1)C2. The predicted molar refractivity (Wildman–Crippen MR) is 102 cm³/mol. The van der Waals surface area contributed by atoms with Crippen LogP contribution in [0.5, 0.6) is 0 Å². The van der Waals surface area contributed by atoms with Crippen LogP contribution in [0.2, 0.25) is 0 Å². The molecule has 0 spiro atoms. The second-order valence-corrected chi connectivity index (χ2v) is 6.74. The van der Waals surface area contributed by atoms with E-state index in [-0.39, 0.29) is 17.8 Å². The molecule has 2 aromatic rings. The highest BCUT2D eigenvalue weighted by Gasteiger charge is 2.45. The topological polar surface area (TPSA) is 100 Å². The van der Waals surface area contributed by atoms with Gasteiger partial charge in [0.1, 0.15) is 17.3 Å². The summed E-state index contributed by atoms with van der Waals surface area (Å²) < 4.78 is 52.6. The number of halogens is 4. The number of anilines is 2. The van der Waals surface area contributed by atoms with Crippen molar-refractivity contribution < 1.29 is 32.0 Å². The van der Waals surface area contributed by atoms with Crippen LogP contribution in [0.3, 0.4) is 0 Å². The van der Waals surface area contributed by atoms with Crippen molar-refractivity contribution in [2.75, 3.05) is 23.3 Å². The summed E-state index contributed by atoms with van der Waals surface area (Å²) in [6, 6.07) is 8.29. The summed E-state index contributed by atoms with van der Waals surface area (Å²) in [5.41, 5.74) is 5.81. The molecule has 4 rings (SSSR count). The smallest absolute Gasteiger partial charge is 0.368 e. The molecule has 0 fully saturated rings. The van der Waals surface area contributed by atoms with Gasteiger partial charge in [0.15, 0.2) is 0 Å². The number of alkyl halides is 3. The third kappa shape index (κ3) is 3.83. The number of nitrogens with one attached hydrogen (secondary N) is 1. The first-order valence-electron chi connectivity index (χ1n) is 9.03. The molecule has 0 saturated carbocycles. The number of hydrogen-bond acceptors (Lipinski definition) is 7. The maximum Gasteiger partial charge on any atom is 0.493 e. The lowest BCUT2D eigenvalue weighted by molar-refractivity contribution is -0.201. The lowest BCUT2D eigenvalue weighted by Crippen LogP contribution is -2.43. The highest BCUT2D eigenvalue weighted by molar-refractivity contribution is 6.01. The van der Waals surface area contributed by atoms with Crippen molar-refractivity contribution in [2.24, 2.45) is 10.7 Å². The Balaban J connectivity index is 1.74. The number of amides is 1. The summed E-state index contributed by atoms with van der Waals surface area (Å²) in [5.74, 6) is -3.73. The number of nitrogens with zero attached hydrogens (tertiary/aromatic N) is 3. The molecule has 0 atom stereocenters. The van der Waals surface area contributed by atoms with E-state index in [9.17, 15) is 27.2 Å². The lowest BCUT2D eigenvalue weighted by Gasteiger charge is -2.30. The maximum absolute atomic E-state index is 14.0. The number of nitrogens with two attached hydrogens (primary N) is 1. The molecular formula is C19H15F4N5O3. The first kappa shape index (κ1) is 20.4. The van der Waals surface area contributed by atoms with E-state index >= 15 is 0 Å². The molecule has 8 nitrogen and oxygen atoms in total. The summed E-state index contributed by atoms with van der Waals surface area (Å²) in [5, 5.41) is 4.77. The number of carbonyl (C=O) groups is 2. The molecule has 2 aliphatic heterocycles. The van der Waals surface area contributed by atoms with Crippen LogP contribution >= 0.6 is 0 Å². The lowest BCUT2D eigenvalue weighted by atomic mass is 10.1. The molecule has 2 aliphatic rings. The van der Waals surface area contributed by atoms with Crippen LogP contribution in [-0.4, -0.2) is 37.0 Å². The fourth-order valence-corrected chi connectivity index (χ4v) is 3.34. The molecule has 3 N–H and O–H groups in total. The number of amidine groups is 1. The van der Waals surface area contributed by atoms with Gasteiger partial charge in [-0.25, -0.2) is 14.2 Å². The monoisotopic (exact) mass is 437 g/mol. The van der Waals surface area contributed by atoms with Crippen LogP contribution in [0.15, 0.2) is 41.4 Å². The standard InChI is InChI=1S/C19H15F4N5O3/c20-12-7-11-9-27(13-3-1-10(2-4-13)17-25-5-6-26-17)28(31-18(30)19(21,22)23)15(11)14(8-12)16(24)29/h1-4,7-8H,5-6,9H2,(H2,24,29)(H,25,26). The minimum absolute atomic E-state index is 0.120. The third-order valence-electron chi connectivity index (χ3n) is 4.66. The second-order valence-electron chi connectivity index (χ2n) is 6.74. The number of rotatable bonds is 4. The zero-order valence-electron chi connectivity index (χ0n) is 15.7. The normalized spacial score (nSPS) is 15.4. The minimum atomic E-state index is -5.29. The predicted octanol–water partition coefficient (Wildman–Crippen LogP) is 2.04. The zero-order valence-corrected chi connectivity index (χ0v) is 15.7. The Morgan fingerprint density at radius 1 is 1.16 bits per heavy atom. The van der Waals surface area contributed by atoms with Crippen LogP contribution in [0.1, 0.15) is 21.5 Å². The number of aliphatic imine (C=N–C) groups is 1. The molecule has 2 aromatic carbocycles. The van der Waals surface area contributed by atoms with Gasteiger partial charge < -0.3 is 15.9 Å². The average molecular weight is 437 g/mol. The average Bonchev–Trinajstić information content (AvgIpc) is 3.35. The molecule has 2 heterocycles. The molecule has 0 saturated heterocycles. The molecule has 0 bridgehead atoms. The molecule has 0 aromatic heterocycles. The van der Waals surface area contributed by atoms with E-state index in [0.717, 1.165) is 22.7 Å². The Hall–Kier alpha value is -3.83. The van der Waals surface area contributed by atoms with Crippen molar-refractivity contribution in [3.8, 4) is 0 Å². The highest BCUT2D eigenvalue weighted by Crippen LogP contribution is 2.39. The van der Waals surface area contributed by atoms with Crippen LogP contribution in [0, 0.1) is 5.82 Å². The van der Waals surface area contributed by atoms with Crippen molar-refractivity contribution in [3.05, 3.63) is 58.9 Å². The van der Waals surface area contributed by atoms with Crippen molar-refractivity contribution in [1.29, 1.82) is 0 Å². The quantitative estimate of drug-likeness (QED) is 0.711. The number of hydrogen-bond donors (Lipinski definition) is 2. The van der Waals surface area contributed by atoms with Crippen molar-refractivity contribution in [3.63, 3.8) is 0 Å². The van der Waals surface area contributed by atoms with Gasteiger partial charge in [0.05, 0.1) is 24.3 Å². The summed E-state index contributed by atoms with van der Waals surface area (Å²) in [7, 11) is 0. The van der Waals surface area contributed by atoms with E-state index in [1.807, 2.05) is 0 Å². The number of fused-ring (bicyclic) bond motifs is 1. The Kier molecular flexibility index (Phi) is 4.91. The number of benzene rings is 2. The largest absolute Gasteiger partial charge is 0.493 e. The van der Waals surface area contributed by atoms with Gasteiger partial charge >= 0.3 is 12.1 Å². The van der Waals surface area contributed by atoms with E-state index in [2.05, 4.69) is 15.1 Å². The van der Waals surface area contributed by atoms with Gasteiger partial charge in [0.2, 0.25) is 0 Å². The van der Waals surface area contributed by atoms with Gasteiger partial charge in [-0.15, -0.1) is 5.17 Å². The fraction of sp³-hybridized carbons (Fsp3) is 0.211. The Labute approximate surface area is 172 Å². The summed E-state index contributed by atoms with van der Waals surface area (Å²) in [6.45, 7) is 1.15.